The van der Waals surface area contributed by atoms with Crippen molar-refractivity contribution < 1.29 is 29.1 Å². The van der Waals surface area contributed by atoms with Crippen LogP contribution in [0.15, 0.2) is 0 Å². The second-order valence-electron chi connectivity index (χ2n) is 4.91. The first kappa shape index (κ1) is 16.1. The maximum absolute atomic E-state index is 11.7. The lowest BCUT2D eigenvalue weighted by molar-refractivity contribution is -0.198. The molecule has 8 heteroatoms. The number of hydrogen-bond donors (Lipinski definition) is 2. The zero-order chi connectivity index (χ0) is 15.4. The lowest BCUT2D eigenvalue weighted by Crippen LogP contribution is -2.47. The maximum atomic E-state index is 11.7. The quantitative estimate of drug-likeness (QED) is 0.634. The van der Waals surface area contributed by atoms with Crippen molar-refractivity contribution >= 4 is 23.7 Å². The Balaban J connectivity index is 2.53. The van der Waals surface area contributed by atoms with Crippen molar-refractivity contribution in [3.05, 3.63) is 0 Å². The zero-order valence-electron chi connectivity index (χ0n) is 11.6. The summed E-state index contributed by atoms with van der Waals surface area (Å²) in [6.07, 6.45) is -1.25. The molecule has 1 aliphatic heterocycles. The molecule has 0 unspecified atom stereocenters. The molecule has 1 saturated heterocycles. The van der Waals surface area contributed by atoms with Crippen LogP contribution in [0.1, 0.15) is 33.6 Å². The molecule has 1 heterocycles. The van der Waals surface area contributed by atoms with Crippen molar-refractivity contribution in [1.82, 2.24) is 10.4 Å². The predicted molar refractivity (Wildman–Crippen MR) is 65.6 cm³/mol. The lowest BCUT2D eigenvalue weighted by Gasteiger charge is -2.19. The number of amides is 3. The fourth-order valence-electron chi connectivity index (χ4n) is 1.49. The van der Waals surface area contributed by atoms with Crippen molar-refractivity contribution in [3.8, 4) is 0 Å². The molecule has 0 aromatic rings. The smallest absolute Gasteiger partial charge is 0.354 e. The van der Waals surface area contributed by atoms with E-state index in [1.165, 1.54) is 6.92 Å². The van der Waals surface area contributed by atoms with Gasteiger partial charge in [0.25, 0.3) is 11.8 Å². The zero-order valence-corrected chi connectivity index (χ0v) is 11.6. The molecule has 0 spiro atoms. The van der Waals surface area contributed by atoms with E-state index >= 15 is 0 Å². The molecule has 0 aromatic heterocycles. The average molecular weight is 286 g/mol. The van der Waals surface area contributed by atoms with E-state index in [0.717, 1.165) is 0 Å². The van der Waals surface area contributed by atoms with Gasteiger partial charge < -0.3 is 15.3 Å². The number of hydrogen-bond acceptors (Lipinski definition) is 6. The summed E-state index contributed by atoms with van der Waals surface area (Å²) >= 11 is 0. The average Bonchev–Trinajstić information content (AvgIpc) is 2.69. The fraction of sp³-hybridized carbons (Fsp3) is 0.667. The van der Waals surface area contributed by atoms with Crippen LogP contribution < -0.4 is 5.32 Å². The van der Waals surface area contributed by atoms with Crippen molar-refractivity contribution in [2.24, 2.45) is 5.92 Å². The molecular formula is C12H18N2O6. The molecule has 1 rings (SSSR count). The third kappa shape index (κ3) is 3.77. The molecule has 1 aliphatic rings. The number of aliphatic hydroxyl groups excluding tert-OH is 1. The van der Waals surface area contributed by atoms with E-state index in [-0.39, 0.29) is 18.8 Å². The van der Waals surface area contributed by atoms with Crippen LogP contribution in [0, 0.1) is 5.92 Å². The van der Waals surface area contributed by atoms with E-state index in [4.69, 9.17) is 0 Å². The highest BCUT2D eigenvalue weighted by molar-refractivity contribution is 6.01. The Morgan fingerprint density at radius 1 is 1.20 bits per heavy atom. The van der Waals surface area contributed by atoms with Gasteiger partial charge in [-0.1, -0.05) is 13.8 Å². The van der Waals surface area contributed by atoms with Gasteiger partial charge in [0.1, 0.15) is 12.1 Å². The standard InChI is InChI=1S/C12H18N2O6/c1-6(2)10(17)11(18)13-7(3)12(19)20-14-8(15)4-5-9(14)16/h6-7,10,17H,4-5H2,1-3H3,(H,13,18)/t7-,10-/m0/s1. The van der Waals surface area contributed by atoms with Gasteiger partial charge in [0.2, 0.25) is 5.91 Å². The lowest BCUT2D eigenvalue weighted by atomic mass is 10.1. The first-order valence-corrected chi connectivity index (χ1v) is 6.30. The molecule has 2 atom stereocenters. The number of nitrogens with zero attached hydrogens (tertiary/aromatic N) is 1. The number of carbonyl (C=O) groups excluding carboxylic acids is 4. The molecule has 0 saturated carbocycles. The van der Waals surface area contributed by atoms with Crippen LogP contribution in [0.25, 0.3) is 0 Å². The Hall–Kier alpha value is -1.96. The van der Waals surface area contributed by atoms with Gasteiger partial charge in [-0.2, -0.15) is 0 Å². The first-order chi connectivity index (χ1) is 9.23. The van der Waals surface area contributed by atoms with Crippen molar-refractivity contribution in [2.75, 3.05) is 0 Å². The highest BCUT2D eigenvalue weighted by Gasteiger charge is 2.34. The monoisotopic (exact) mass is 286 g/mol. The maximum Gasteiger partial charge on any atom is 0.354 e. The highest BCUT2D eigenvalue weighted by atomic mass is 16.7. The Morgan fingerprint density at radius 2 is 1.70 bits per heavy atom. The highest BCUT2D eigenvalue weighted by Crippen LogP contribution is 2.12. The number of rotatable bonds is 5. The van der Waals surface area contributed by atoms with Gasteiger partial charge in [0, 0.05) is 12.8 Å². The molecular weight excluding hydrogens is 268 g/mol. The van der Waals surface area contributed by atoms with Crippen LogP contribution >= 0.6 is 0 Å². The fourth-order valence-corrected chi connectivity index (χ4v) is 1.49. The van der Waals surface area contributed by atoms with Crippen LogP contribution in [0.3, 0.4) is 0 Å². The van der Waals surface area contributed by atoms with E-state index in [2.05, 4.69) is 10.2 Å². The largest absolute Gasteiger partial charge is 0.383 e. The number of nitrogens with one attached hydrogen (secondary N) is 1. The molecule has 0 aromatic carbocycles. The molecule has 112 valence electrons. The van der Waals surface area contributed by atoms with Crippen LogP contribution in [-0.2, 0) is 24.0 Å². The van der Waals surface area contributed by atoms with E-state index in [1.807, 2.05) is 0 Å². The van der Waals surface area contributed by atoms with Gasteiger partial charge in [-0.25, -0.2) is 4.79 Å². The van der Waals surface area contributed by atoms with E-state index < -0.39 is 35.8 Å². The van der Waals surface area contributed by atoms with E-state index in [1.54, 1.807) is 13.8 Å². The Labute approximate surface area is 116 Å². The Bertz CT molecular complexity index is 418. The third-order valence-electron chi connectivity index (χ3n) is 2.80. The number of hydroxylamine groups is 2. The molecule has 20 heavy (non-hydrogen) atoms. The third-order valence-corrected chi connectivity index (χ3v) is 2.80. The van der Waals surface area contributed by atoms with Crippen molar-refractivity contribution in [1.29, 1.82) is 0 Å². The van der Waals surface area contributed by atoms with Gasteiger partial charge in [0.15, 0.2) is 0 Å². The molecule has 1 fully saturated rings. The first-order valence-electron chi connectivity index (χ1n) is 6.30. The second-order valence-corrected chi connectivity index (χ2v) is 4.91. The van der Waals surface area contributed by atoms with Gasteiger partial charge >= 0.3 is 5.97 Å². The summed E-state index contributed by atoms with van der Waals surface area (Å²) in [6.45, 7) is 4.63. The SMILES string of the molecule is CC(C)[C@H](O)C(=O)N[C@@H](C)C(=O)ON1C(=O)CCC1=O. The molecule has 2 N–H and O–H groups in total. The number of carbonyl (C=O) groups is 4. The Morgan fingerprint density at radius 3 is 2.15 bits per heavy atom. The molecule has 8 nitrogen and oxygen atoms in total. The summed E-state index contributed by atoms with van der Waals surface area (Å²) in [7, 11) is 0. The van der Waals surface area contributed by atoms with E-state index in [0.29, 0.717) is 5.06 Å². The normalized spacial score (nSPS) is 18.1. The summed E-state index contributed by atoms with van der Waals surface area (Å²) in [5.74, 6) is -3.16. The van der Waals surface area contributed by atoms with Crippen LogP contribution in [0.4, 0.5) is 0 Å². The number of imide groups is 1. The van der Waals surface area contributed by atoms with Gasteiger partial charge in [0.05, 0.1) is 0 Å². The molecule has 3 amide bonds. The Kier molecular flexibility index (Phi) is 5.20. The summed E-state index contributed by atoms with van der Waals surface area (Å²) < 4.78 is 0. The van der Waals surface area contributed by atoms with Gasteiger partial charge in [-0.3, -0.25) is 14.4 Å². The van der Waals surface area contributed by atoms with Gasteiger partial charge in [-0.05, 0) is 12.8 Å². The van der Waals surface area contributed by atoms with Crippen molar-refractivity contribution in [3.63, 3.8) is 0 Å². The second kappa shape index (κ2) is 6.47. The van der Waals surface area contributed by atoms with Crippen molar-refractivity contribution in [2.45, 2.75) is 45.8 Å². The van der Waals surface area contributed by atoms with Gasteiger partial charge in [-0.15, -0.1) is 5.06 Å². The summed E-state index contributed by atoms with van der Waals surface area (Å²) in [5, 5.41) is 12.2. The van der Waals surface area contributed by atoms with Crippen LogP contribution in [0.5, 0.6) is 0 Å². The minimum absolute atomic E-state index is 0.00107. The minimum atomic E-state index is -1.25. The van der Waals surface area contributed by atoms with Crippen LogP contribution in [0.2, 0.25) is 0 Å². The molecule has 0 bridgehead atoms. The summed E-state index contributed by atoms with van der Waals surface area (Å²) in [5.41, 5.74) is 0. The topological polar surface area (TPSA) is 113 Å². The number of aliphatic hydroxyl groups is 1. The van der Waals surface area contributed by atoms with Crippen LogP contribution in [-0.4, -0.2) is 46.0 Å². The minimum Gasteiger partial charge on any atom is -0.383 e. The summed E-state index contributed by atoms with van der Waals surface area (Å²) in [6, 6.07) is -1.09. The predicted octanol–water partition coefficient (Wildman–Crippen LogP) is -0.885. The summed E-state index contributed by atoms with van der Waals surface area (Å²) in [4.78, 5) is 50.4. The van der Waals surface area contributed by atoms with E-state index in [9.17, 15) is 24.3 Å². The molecule has 0 radical (unpaired) electrons. The molecule has 0 aliphatic carbocycles.